The zero-order valence-corrected chi connectivity index (χ0v) is 26.9. The van der Waals surface area contributed by atoms with E-state index in [2.05, 4.69) is 25.8 Å². The van der Waals surface area contributed by atoms with Crippen molar-refractivity contribution in [2.45, 2.75) is 44.0 Å². The summed E-state index contributed by atoms with van der Waals surface area (Å²) in [5.41, 5.74) is 12.9. The number of fused-ring (bicyclic) bond motifs is 2. The Bertz CT molecular complexity index is 1790. The van der Waals surface area contributed by atoms with E-state index in [1.54, 1.807) is 10.8 Å². The molecule has 5 rings (SSSR count). The number of carbonyl (C=O) groups is 4. The Morgan fingerprint density at radius 3 is 2.72 bits per heavy atom. The third-order valence-electron chi connectivity index (χ3n) is 7.21. The molecule has 2 aliphatic heterocycles. The molecule has 2 aliphatic rings. The number of halogens is 1. The molecule has 0 saturated carbocycles. The first-order valence-corrected chi connectivity index (χ1v) is 16.1. The van der Waals surface area contributed by atoms with E-state index in [9.17, 15) is 24.3 Å². The van der Waals surface area contributed by atoms with E-state index in [4.69, 9.17) is 33.0 Å². The van der Waals surface area contributed by atoms with Gasteiger partial charge in [-0.3, -0.25) is 19.1 Å². The summed E-state index contributed by atoms with van der Waals surface area (Å²) in [6, 6.07) is 2.58. The Morgan fingerprint density at radius 2 is 2.07 bits per heavy atom. The molecule has 3 atom stereocenters. The van der Waals surface area contributed by atoms with Crippen molar-refractivity contribution < 1.29 is 38.8 Å². The molecule has 0 aliphatic carbocycles. The van der Waals surface area contributed by atoms with Crippen LogP contribution in [0.5, 0.6) is 0 Å². The van der Waals surface area contributed by atoms with E-state index in [1.165, 1.54) is 18.7 Å². The molecule has 0 aromatic carbocycles. The predicted molar refractivity (Wildman–Crippen MR) is 169 cm³/mol. The summed E-state index contributed by atoms with van der Waals surface area (Å²) in [5, 5.41) is 27.9. The SMILES string of the molecule is CNCCCn1c(N)nc2c1ccc[n+]2CC1=C(C(=O)O)N2C(=O)[C@@H](NC(=O)/C(=N/O[C@@H](C)C(=O)O)c3nc(N)sc3Cl)[C@H]2SC1. The molecule has 0 radical (unpaired) electrons. The van der Waals surface area contributed by atoms with Crippen LogP contribution in [0, 0.1) is 0 Å². The number of hydrogen-bond acceptors (Lipinski definition) is 13. The van der Waals surface area contributed by atoms with Crippen LogP contribution >= 0.6 is 34.7 Å². The molecule has 0 unspecified atom stereocenters. The minimum atomic E-state index is -1.42. The van der Waals surface area contributed by atoms with Gasteiger partial charge in [0.1, 0.15) is 39.2 Å². The molecule has 3 aromatic heterocycles. The second-order valence-electron chi connectivity index (χ2n) is 10.2. The number of nitrogens with zero attached hydrogens (tertiary/aromatic N) is 6. The molecule has 0 spiro atoms. The number of carboxylic acid groups (broad SMARTS) is 2. The van der Waals surface area contributed by atoms with Crippen LogP contribution in [0.3, 0.4) is 0 Å². The molecule has 1 saturated heterocycles. The van der Waals surface area contributed by atoms with E-state index in [1.807, 2.05) is 23.7 Å². The fourth-order valence-electron chi connectivity index (χ4n) is 4.98. The van der Waals surface area contributed by atoms with Gasteiger partial charge >= 0.3 is 23.5 Å². The van der Waals surface area contributed by atoms with Crippen molar-refractivity contribution in [1.82, 2.24) is 30.1 Å². The van der Waals surface area contributed by atoms with Gasteiger partial charge in [0, 0.05) is 17.9 Å². The number of aryl methyl sites for hydroxylation is 1. The quantitative estimate of drug-likeness (QED) is 0.0449. The Balaban J connectivity index is 1.38. The number of thiazole rings is 1. The Kier molecular flexibility index (Phi) is 9.66. The number of carbonyl (C=O) groups excluding carboxylic acids is 2. The van der Waals surface area contributed by atoms with Crippen molar-refractivity contribution in [2.75, 3.05) is 30.8 Å². The number of carboxylic acids is 2. The number of thioether (sulfide) groups is 1. The monoisotopic (exact) mass is 693 g/mol. The Labute approximate surface area is 274 Å². The smallest absolute Gasteiger partial charge is 0.352 e. The maximum atomic E-state index is 13.4. The maximum absolute atomic E-state index is 13.4. The first kappa shape index (κ1) is 32.9. The van der Waals surface area contributed by atoms with E-state index >= 15 is 0 Å². The van der Waals surface area contributed by atoms with E-state index in [-0.39, 0.29) is 33.2 Å². The van der Waals surface area contributed by atoms with E-state index < -0.39 is 47.0 Å². The highest BCUT2D eigenvalue weighted by Gasteiger charge is 2.54. The standard InChI is InChI=1S/C26H29ClN10O7S2/c1-11(23(40)41)44-34-15(14-18(27)46-26(29)32-14)20(38)31-16-21(39)37-17(24(42)43)12(10-45-22(16)37)9-35-7-3-5-13-19(35)33-25(28)36(13)8-4-6-30-2/h3,5,7,11,16,22,28,30H,4,6,8-10H2,1-2H3,(H5,29,31,32,38,40,41,42,43)/p+1/b34-15+/t11-,16+,22+/m0/s1. The molecule has 3 aromatic rings. The maximum Gasteiger partial charge on any atom is 0.352 e. The lowest BCUT2D eigenvalue weighted by Gasteiger charge is -2.49. The zero-order valence-electron chi connectivity index (χ0n) is 24.5. The van der Waals surface area contributed by atoms with Gasteiger partial charge in [-0.2, -0.15) is 0 Å². The number of aromatic nitrogens is 4. The number of hydrogen-bond donors (Lipinski definition) is 6. The van der Waals surface area contributed by atoms with Crippen LogP contribution in [0.15, 0.2) is 34.8 Å². The number of nitrogens with two attached hydrogens (primary N) is 2. The van der Waals surface area contributed by atoms with Crippen LogP contribution in [-0.2, 0) is 37.1 Å². The highest BCUT2D eigenvalue weighted by atomic mass is 35.5. The number of β-lactam (4-membered cyclic amide) rings is 1. The summed E-state index contributed by atoms with van der Waals surface area (Å²) >= 11 is 8.30. The fourth-order valence-corrected chi connectivity index (χ4v) is 7.25. The number of imidazole rings is 1. The molecule has 2 amide bonds. The van der Waals surface area contributed by atoms with Crippen LogP contribution in [0.2, 0.25) is 4.34 Å². The summed E-state index contributed by atoms with van der Waals surface area (Å²) in [5.74, 6) is -3.68. The van der Waals surface area contributed by atoms with Crippen LogP contribution < -0.4 is 26.7 Å². The molecule has 0 bridgehead atoms. The first-order valence-electron chi connectivity index (χ1n) is 13.8. The summed E-state index contributed by atoms with van der Waals surface area (Å²) in [6.45, 7) is 2.77. The number of nitrogens with one attached hydrogen (secondary N) is 2. The first-order chi connectivity index (χ1) is 21.9. The van der Waals surface area contributed by atoms with Crippen LogP contribution in [0.4, 0.5) is 11.1 Å². The third kappa shape index (κ3) is 6.30. The summed E-state index contributed by atoms with van der Waals surface area (Å²) < 4.78 is 3.67. The van der Waals surface area contributed by atoms with Crippen molar-refractivity contribution in [3.63, 3.8) is 0 Å². The topological polar surface area (TPSA) is 244 Å². The number of pyridine rings is 1. The third-order valence-corrected chi connectivity index (χ3v) is 9.63. The Morgan fingerprint density at radius 1 is 1.30 bits per heavy atom. The van der Waals surface area contributed by atoms with Crippen LogP contribution in [0.25, 0.3) is 11.2 Å². The predicted octanol–water partition coefficient (Wildman–Crippen LogP) is -0.160. The number of anilines is 2. The fraction of sp³-hybridized carbons (Fsp3) is 0.385. The van der Waals surface area contributed by atoms with Gasteiger partial charge in [-0.15, -0.1) is 11.8 Å². The lowest BCUT2D eigenvalue weighted by Crippen LogP contribution is -2.71. The van der Waals surface area contributed by atoms with E-state index in [0.717, 1.165) is 34.7 Å². The normalized spacial score (nSPS) is 18.7. The molecule has 20 heteroatoms. The number of rotatable bonds is 13. The molecule has 5 heterocycles. The van der Waals surface area contributed by atoms with Crippen LogP contribution in [0.1, 0.15) is 19.0 Å². The van der Waals surface area contributed by atoms with Gasteiger partial charge in [0.05, 0.1) is 6.20 Å². The molecule has 8 N–H and O–H groups in total. The molecular formula is C26H30ClN10O7S2+. The van der Waals surface area contributed by atoms with Crippen molar-refractivity contribution in [1.29, 1.82) is 0 Å². The minimum absolute atomic E-state index is 0.00982. The summed E-state index contributed by atoms with van der Waals surface area (Å²) in [7, 11) is 1.87. The minimum Gasteiger partial charge on any atom is -0.478 e. The number of aliphatic carboxylic acids is 2. The van der Waals surface area contributed by atoms with Gasteiger partial charge in [-0.1, -0.05) is 28.1 Å². The number of nitrogen functional groups attached to an aromatic ring is 2. The average Bonchev–Trinajstić information content (AvgIpc) is 3.52. The largest absolute Gasteiger partial charge is 0.478 e. The molecular weight excluding hydrogens is 664 g/mol. The Hall–Kier alpha value is -4.46. The second-order valence-corrected chi connectivity index (χ2v) is 13.0. The van der Waals surface area contributed by atoms with Crippen LogP contribution in [-0.4, -0.2) is 96.0 Å². The van der Waals surface area contributed by atoms with E-state index in [0.29, 0.717) is 23.7 Å². The van der Waals surface area contributed by atoms with Gasteiger partial charge < -0.3 is 37.2 Å². The lowest BCUT2D eigenvalue weighted by molar-refractivity contribution is -0.664. The van der Waals surface area contributed by atoms with Gasteiger partial charge in [0.15, 0.2) is 10.8 Å². The van der Waals surface area contributed by atoms with Gasteiger partial charge in [0.25, 0.3) is 11.8 Å². The van der Waals surface area contributed by atoms with Crippen molar-refractivity contribution >= 4 is 86.4 Å². The number of amides is 2. The molecule has 46 heavy (non-hydrogen) atoms. The molecule has 1 fully saturated rings. The summed E-state index contributed by atoms with van der Waals surface area (Å²) in [6.07, 6.45) is 1.18. The zero-order chi connectivity index (χ0) is 33.3. The lowest BCUT2D eigenvalue weighted by atomic mass is 10.0. The molecule has 244 valence electrons. The van der Waals surface area contributed by atoms with Crippen molar-refractivity contribution in [2.24, 2.45) is 5.16 Å². The van der Waals surface area contributed by atoms with Gasteiger partial charge in [-0.25, -0.2) is 19.1 Å². The van der Waals surface area contributed by atoms with Crippen molar-refractivity contribution in [3.8, 4) is 0 Å². The highest BCUT2D eigenvalue weighted by Crippen LogP contribution is 2.40. The van der Waals surface area contributed by atoms with Gasteiger partial charge in [0.2, 0.25) is 6.10 Å². The highest BCUT2D eigenvalue weighted by molar-refractivity contribution is 8.00. The average molecular weight is 694 g/mol. The second kappa shape index (κ2) is 13.5. The summed E-state index contributed by atoms with van der Waals surface area (Å²) in [4.78, 5) is 65.0. The van der Waals surface area contributed by atoms with Crippen molar-refractivity contribution in [3.05, 3.63) is 39.6 Å². The van der Waals surface area contributed by atoms with Gasteiger partial charge in [-0.05, 0) is 44.1 Å². The molecule has 17 nitrogen and oxygen atoms in total. The number of oxime groups is 1.